The van der Waals surface area contributed by atoms with E-state index < -0.39 is 0 Å². The van der Waals surface area contributed by atoms with Crippen LogP contribution in [0.4, 0.5) is 4.39 Å². The molecule has 6 rings (SSSR count). The molecule has 1 fully saturated rings. The smallest absolute Gasteiger partial charge is 0.163 e. The second-order valence-electron chi connectivity index (χ2n) is 10.0. The fourth-order valence-electron chi connectivity index (χ4n) is 5.52. The molecule has 4 heterocycles. The molecular formula is C31H29FN4O2. The highest BCUT2D eigenvalue weighted by Crippen LogP contribution is 2.32. The van der Waals surface area contributed by atoms with Gasteiger partial charge in [-0.15, -0.1) is 0 Å². The van der Waals surface area contributed by atoms with E-state index in [1.165, 1.54) is 6.07 Å². The number of pyridine rings is 1. The number of benzene rings is 2. The van der Waals surface area contributed by atoms with Crippen LogP contribution in [0.5, 0.6) is 5.75 Å². The lowest BCUT2D eigenvalue weighted by atomic mass is 9.88. The Balaban J connectivity index is 1.18. The van der Waals surface area contributed by atoms with E-state index in [9.17, 15) is 9.18 Å². The number of halogens is 1. The number of allylic oxidation sites excluding steroid dienone is 1. The number of rotatable bonds is 7. The van der Waals surface area contributed by atoms with Crippen molar-refractivity contribution in [3.8, 4) is 5.75 Å². The van der Waals surface area contributed by atoms with Gasteiger partial charge in [0, 0.05) is 66.1 Å². The van der Waals surface area contributed by atoms with Gasteiger partial charge in [-0.3, -0.25) is 9.79 Å². The zero-order valence-corrected chi connectivity index (χ0v) is 21.4. The molecule has 0 unspecified atom stereocenters. The lowest BCUT2D eigenvalue weighted by molar-refractivity contribution is 0.0934. The topological polar surface area (TPSA) is 59.2 Å². The molecule has 2 aliphatic rings. The van der Waals surface area contributed by atoms with Crippen molar-refractivity contribution in [2.24, 2.45) is 10.9 Å². The highest BCUT2D eigenvalue weighted by atomic mass is 19.1. The van der Waals surface area contributed by atoms with Crippen LogP contribution >= 0.6 is 0 Å². The molecule has 1 saturated heterocycles. The molecule has 0 bridgehead atoms. The predicted octanol–water partition coefficient (Wildman–Crippen LogP) is 5.83. The fourth-order valence-corrected chi connectivity index (χ4v) is 5.52. The Hall–Kier alpha value is -4.26. The number of aliphatic imine (C=N–C) groups is 1. The van der Waals surface area contributed by atoms with Crippen LogP contribution in [0.1, 0.15) is 51.9 Å². The van der Waals surface area contributed by atoms with Crippen molar-refractivity contribution in [3.05, 3.63) is 113 Å². The van der Waals surface area contributed by atoms with E-state index in [0.29, 0.717) is 42.9 Å². The molecule has 2 aliphatic heterocycles. The van der Waals surface area contributed by atoms with Crippen molar-refractivity contribution >= 4 is 17.1 Å². The summed E-state index contributed by atoms with van der Waals surface area (Å²) in [6.07, 6.45) is 7.82. The van der Waals surface area contributed by atoms with Crippen molar-refractivity contribution in [1.82, 2.24) is 14.3 Å². The molecule has 1 atom stereocenters. The minimum atomic E-state index is -0.293. The first-order chi connectivity index (χ1) is 18.5. The first kappa shape index (κ1) is 24.1. The maximum absolute atomic E-state index is 14.6. The van der Waals surface area contributed by atoms with Crippen LogP contribution in [0.15, 0.2) is 84.4 Å². The van der Waals surface area contributed by atoms with Crippen LogP contribution in [-0.4, -0.2) is 39.4 Å². The number of hydrogen-bond donors (Lipinski definition) is 0. The molecule has 2 aromatic carbocycles. The summed E-state index contributed by atoms with van der Waals surface area (Å²) in [5.41, 5.74) is 7.12. The molecule has 0 radical (unpaired) electrons. The molecule has 7 heteroatoms. The summed E-state index contributed by atoms with van der Waals surface area (Å²) in [4.78, 5) is 24.6. The third-order valence-corrected chi connectivity index (χ3v) is 7.64. The summed E-state index contributed by atoms with van der Waals surface area (Å²) in [6, 6.07) is 14.8. The van der Waals surface area contributed by atoms with Crippen LogP contribution < -0.4 is 4.74 Å². The van der Waals surface area contributed by atoms with Gasteiger partial charge in [-0.2, -0.15) is 0 Å². The van der Waals surface area contributed by atoms with Crippen LogP contribution in [-0.2, 0) is 13.1 Å². The average molecular weight is 509 g/mol. The first-order valence-electron chi connectivity index (χ1n) is 12.9. The number of fused-ring (bicyclic) bond motifs is 2. The number of piperidine rings is 1. The lowest BCUT2D eigenvalue weighted by Gasteiger charge is -2.36. The van der Waals surface area contributed by atoms with Crippen LogP contribution in [0.25, 0.3) is 5.65 Å². The van der Waals surface area contributed by atoms with Crippen molar-refractivity contribution in [2.45, 2.75) is 32.4 Å². The monoisotopic (exact) mass is 508 g/mol. The zero-order valence-electron chi connectivity index (χ0n) is 21.4. The Morgan fingerprint density at radius 2 is 2.11 bits per heavy atom. The molecule has 0 amide bonds. The summed E-state index contributed by atoms with van der Waals surface area (Å²) in [5.74, 6) is 0.512. The van der Waals surface area contributed by atoms with Crippen molar-refractivity contribution < 1.29 is 13.9 Å². The van der Waals surface area contributed by atoms with Gasteiger partial charge in [0.1, 0.15) is 17.2 Å². The predicted molar refractivity (Wildman–Crippen MR) is 145 cm³/mol. The standard InChI is InChI=1S/C31H29FN4O2/c1-20-6-7-21(17-36(20)19-26-27(32)4-3-5-29(26)38-2)14-28(37)22-8-9-23-16-34-31(25(23)15-22)24-10-11-30-33-12-13-35(30)18-24/h3-5,8-13,15,18,21H,1,6-7,14,16-17,19H2,2H3/t21-/m1/s1. The number of ether oxygens (including phenoxy) is 1. The van der Waals surface area contributed by atoms with Gasteiger partial charge in [0.05, 0.1) is 19.4 Å². The van der Waals surface area contributed by atoms with Gasteiger partial charge >= 0.3 is 0 Å². The van der Waals surface area contributed by atoms with Crippen LogP contribution in [0, 0.1) is 11.7 Å². The number of Topliss-reactive ketones (excluding diaryl/α,β-unsaturated/α-hetero) is 1. The maximum atomic E-state index is 14.6. The Morgan fingerprint density at radius 1 is 1.21 bits per heavy atom. The quantitative estimate of drug-likeness (QED) is 0.295. The molecule has 192 valence electrons. The number of carbonyl (C=O) groups is 1. The lowest BCUT2D eigenvalue weighted by Crippen LogP contribution is -2.34. The number of methoxy groups -OCH3 is 1. The van der Waals surface area contributed by atoms with Gasteiger partial charge in [-0.05, 0) is 54.7 Å². The second kappa shape index (κ2) is 9.89. The molecule has 0 saturated carbocycles. The van der Waals surface area contributed by atoms with Gasteiger partial charge in [0.15, 0.2) is 5.78 Å². The largest absolute Gasteiger partial charge is 0.496 e. The highest BCUT2D eigenvalue weighted by Gasteiger charge is 2.27. The van der Waals surface area contributed by atoms with Gasteiger partial charge in [0.25, 0.3) is 0 Å². The number of aromatic nitrogens is 2. The summed E-state index contributed by atoms with van der Waals surface area (Å²) in [7, 11) is 1.55. The summed E-state index contributed by atoms with van der Waals surface area (Å²) in [6.45, 7) is 5.84. The Labute approximate surface area is 221 Å². The fraction of sp³-hybridized carbons (Fsp3) is 0.258. The van der Waals surface area contributed by atoms with E-state index in [1.807, 2.05) is 47.1 Å². The van der Waals surface area contributed by atoms with Crippen LogP contribution in [0.2, 0.25) is 0 Å². The average Bonchev–Trinajstić information content (AvgIpc) is 3.57. The molecule has 2 aromatic heterocycles. The maximum Gasteiger partial charge on any atom is 0.163 e. The van der Waals surface area contributed by atoms with Crippen molar-refractivity contribution in [2.75, 3.05) is 13.7 Å². The number of hydrogen-bond acceptors (Lipinski definition) is 5. The highest BCUT2D eigenvalue weighted by molar-refractivity contribution is 6.16. The van der Waals surface area contributed by atoms with Gasteiger partial charge < -0.3 is 14.0 Å². The van der Waals surface area contributed by atoms with E-state index in [4.69, 9.17) is 9.73 Å². The summed E-state index contributed by atoms with van der Waals surface area (Å²) in [5, 5.41) is 0. The molecule has 0 aliphatic carbocycles. The van der Waals surface area contributed by atoms with Crippen LogP contribution in [0.3, 0.4) is 0 Å². The molecule has 4 aromatic rings. The molecule has 6 nitrogen and oxygen atoms in total. The van der Waals surface area contributed by atoms with E-state index in [1.54, 1.807) is 25.4 Å². The SMILES string of the molecule is C=C1CC[C@H](CC(=O)c2ccc3c(c2)C(c2ccc4nccn4c2)=NC3)CN1Cc1c(F)cccc1OC. The number of imidazole rings is 1. The molecular weight excluding hydrogens is 479 g/mol. The Morgan fingerprint density at radius 3 is 2.97 bits per heavy atom. The number of carbonyl (C=O) groups excluding carboxylic acids is 1. The molecule has 38 heavy (non-hydrogen) atoms. The van der Waals surface area contributed by atoms with Gasteiger partial charge in [0.2, 0.25) is 0 Å². The van der Waals surface area contributed by atoms with E-state index in [2.05, 4.69) is 16.5 Å². The van der Waals surface area contributed by atoms with Gasteiger partial charge in [-0.25, -0.2) is 9.37 Å². The normalized spacial score (nSPS) is 17.0. The number of ketones is 1. The molecule has 0 N–H and O–H groups in total. The van der Waals surface area contributed by atoms with Crippen molar-refractivity contribution in [3.63, 3.8) is 0 Å². The summed E-state index contributed by atoms with van der Waals surface area (Å²) < 4.78 is 21.9. The second-order valence-corrected chi connectivity index (χ2v) is 10.0. The zero-order chi connectivity index (χ0) is 26.2. The Kier molecular flexibility index (Phi) is 6.27. The minimum absolute atomic E-state index is 0.116. The van der Waals surface area contributed by atoms with E-state index in [-0.39, 0.29) is 17.5 Å². The van der Waals surface area contributed by atoms with E-state index >= 15 is 0 Å². The minimum Gasteiger partial charge on any atom is -0.496 e. The number of nitrogens with zero attached hydrogens (tertiary/aromatic N) is 4. The molecule has 0 spiro atoms. The third-order valence-electron chi connectivity index (χ3n) is 7.64. The summed E-state index contributed by atoms with van der Waals surface area (Å²) >= 11 is 0. The van der Waals surface area contributed by atoms with Crippen molar-refractivity contribution in [1.29, 1.82) is 0 Å². The Bertz CT molecular complexity index is 1590. The van der Waals surface area contributed by atoms with Gasteiger partial charge in [-0.1, -0.05) is 24.8 Å². The van der Waals surface area contributed by atoms with E-state index in [0.717, 1.165) is 46.6 Å². The third kappa shape index (κ3) is 4.49. The number of likely N-dealkylation sites (tertiary alicyclic amines) is 1. The first-order valence-corrected chi connectivity index (χ1v) is 12.9.